The largest absolute Gasteiger partial charge is 0.355 e. The Labute approximate surface area is 114 Å². The fraction of sp³-hybridized carbons (Fsp3) is 0.833. The molecule has 2 aliphatic rings. The van der Waals surface area contributed by atoms with Crippen molar-refractivity contribution in [2.45, 2.75) is 38.1 Å². The number of likely N-dealkylation sites (tertiary alicyclic amines) is 1. The molecule has 2 heterocycles. The van der Waals surface area contributed by atoms with Crippen LogP contribution in [0.25, 0.3) is 0 Å². The quantitative estimate of drug-likeness (QED) is 0.709. The van der Waals surface area contributed by atoms with E-state index < -0.39 is 0 Å². The molecule has 2 saturated heterocycles. The first-order valence-corrected chi connectivity index (χ1v) is 6.56. The monoisotopic (exact) mass is 275 g/mol. The number of halogens is 1. The molecule has 2 amide bonds. The van der Waals surface area contributed by atoms with E-state index in [1.165, 1.54) is 0 Å². The second-order valence-corrected chi connectivity index (χ2v) is 4.78. The van der Waals surface area contributed by atoms with Crippen LogP contribution in [0.1, 0.15) is 32.1 Å². The van der Waals surface area contributed by atoms with Crippen molar-refractivity contribution in [3.63, 3.8) is 0 Å². The summed E-state index contributed by atoms with van der Waals surface area (Å²) in [5.41, 5.74) is 0. The summed E-state index contributed by atoms with van der Waals surface area (Å²) in [6, 6.07) is 0.00317. The molecule has 2 aliphatic heterocycles. The Morgan fingerprint density at radius 3 is 2.89 bits per heavy atom. The number of carbonyl (C=O) groups excluding carboxylic acids is 2. The van der Waals surface area contributed by atoms with Gasteiger partial charge in [-0.1, -0.05) is 0 Å². The molecule has 0 saturated carbocycles. The van der Waals surface area contributed by atoms with E-state index in [4.69, 9.17) is 0 Å². The van der Waals surface area contributed by atoms with E-state index in [9.17, 15) is 9.59 Å². The topological polar surface area (TPSA) is 61.4 Å². The van der Waals surface area contributed by atoms with Gasteiger partial charge in [-0.2, -0.15) is 0 Å². The summed E-state index contributed by atoms with van der Waals surface area (Å²) >= 11 is 0. The van der Waals surface area contributed by atoms with Crippen LogP contribution >= 0.6 is 12.4 Å². The van der Waals surface area contributed by atoms with Gasteiger partial charge in [0.15, 0.2) is 0 Å². The van der Waals surface area contributed by atoms with Crippen molar-refractivity contribution >= 4 is 24.2 Å². The average Bonchev–Trinajstić information content (AvgIpc) is 2.96. The van der Waals surface area contributed by atoms with Gasteiger partial charge >= 0.3 is 0 Å². The van der Waals surface area contributed by atoms with Crippen molar-refractivity contribution in [2.75, 3.05) is 26.2 Å². The molecule has 0 aromatic heterocycles. The van der Waals surface area contributed by atoms with Crippen molar-refractivity contribution in [1.82, 2.24) is 15.5 Å². The molecule has 18 heavy (non-hydrogen) atoms. The molecule has 0 spiro atoms. The number of hydrogen-bond acceptors (Lipinski definition) is 3. The van der Waals surface area contributed by atoms with E-state index in [0.717, 1.165) is 45.3 Å². The smallest absolute Gasteiger partial charge is 0.237 e. The summed E-state index contributed by atoms with van der Waals surface area (Å²) in [4.78, 5) is 24.9. The van der Waals surface area contributed by atoms with Gasteiger partial charge < -0.3 is 15.5 Å². The molecule has 2 fully saturated rings. The number of rotatable bonds is 5. The third-order valence-corrected chi connectivity index (χ3v) is 3.45. The maximum absolute atomic E-state index is 11.7. The normalized spacial score (nSPS) is 23.0. The van der Waals surface area contributed by atoms with Crippen molar-refractivity contribution < 1.29 is 9.59 Å². The number of hydrogen-bond donors (Lipinski definition) is 2. The lowest BCUT2D eigenvalue weighted by molar-refractivity contribution is -0.127. The SMILES string of the molecule is Cl.O=C(NCCCN1CCCC1=O)C1CCCN1. The van der Waals surface area contributed by atoms with Gasteiger partial charge in [-0.15, -0.1) is 12.4 Å². The third kappa shape index (κ3) is 4.14. The van der Waals surface area contributed by atoms with E-state index in [2.05, 4.69) is 10.6 Å². The maximum atomic E-state index is 11.7. The molecule has 5 nitrogen and oxygen atoms in total. The predicted molar refractivity (Wildman–Crippen MR) is 71.7 cm³/mol. The van der Waals surface area contributed by atoms with Crippen LogP contribution in [-0.4, -0.2) is 48.9 Å². The molecule has 0 aromatic carbocycles. The minimum Gasteiger partial charge on any atom is -0.355 e. The van der Waals surface area contributed by atoms with Gasteiger partial charge in [0.1, 0.15) is 0 Å². The highest BCUT2D eigenvalue weighted by Crippen LogP contribution is 2.09. The van der Waals surface area contributed by atoms with Crippen LogP contribution in [0.3, 0.4) is 0 Å². The molecule has 104 valence electrons. The number of amides is 2. The van der Waals surface area contributed by atoms with Gasteiger partial charge in [-0.3, -0.25) is 9.59 Å². The summed E-state index contributed by atoms with van der Waals surface area (Å²) in [7, 11) is 0. The third-order valence-electron chi connectivity index (χ3n) is 3.45. The van der Waals surface area contributed by atoms with Crippen LogP contribution in [-0.2, 0) is 9.59 Å². The first kappa shape index (κ1) is 15.2. The van der Waals surface area contributed by atoms with Crippen LogP contribution < -0.4 is 10.6 Å². The van der Waals surface area contributed by atoms with Crippen LogP contribution in [0.15, 0.2) is 0 Å². The molecule has 1 atom stereocenters. The van der Waals surface area contributed by atoms with Crippen molar-refractivity contribution in [3.8, 4) is 0 Å². The summed E-state index contributed by atoms with van der Waals surface area (Å²) in [6.07, 6.45) is 4.55. The van der Waals surface area contributed by atoms with E-state index in [0.29, 0.717) is 13.0 Å². The summed E-state index contributed by atoms with van der Waals surface area (Å²) in [5.74, 6) is 0.365. The fourth-order valence-corrected chi connectivity index (χ4v) is 2.45. The minimum atomic E-state index is 0. The number of nitrogens with zero attached hydrogens (tertiary/aromatic N) is 1. The Balaban J connectivity index is 0.00000162. The van der Waals surface area contributed by atoms with Crippen LogP contribution in [0, 0.1) is 0 Å². The Bertz CT molecular complexity index is 293. The minimum absolute atomic E-state index is 0. The van der Waals surface area contributed by atoms with Crippen LogP contribution in [0.4, 0.5) is 0 Å². The highest BCUT2D eigenvalue weighted by Gasteiger charge is 2.22. The Morgan fingerprint density at radius 2 is 2.28 bits per heavy atom. The lowest BCUT2D eigenvalue weighted by Crippen LogP contribution is -2.41. The molecule has 6 heteroatoms. The molecule has 2 N–H and O–H groups in total. The molecule has 0 aliphatic carbocycles. The van der Waals surface area contributed by atoms with Gasteiger partial charge in [0.25, 0.3) is 0 Å². The molecular formula is C12H22ClN3O2. The van der Waals surface area contributed by atoms with Crippen LogP contribution in [0.5, 0.6) is 0 Å². The fourth-order valence-electron chi connectivity index (χ4n) is 2.45. The van der Waals surface area contributed by atoms with E-state index >= 15 is 0 Å². The zero-order chi connectivity index (χ0) is 12.1. The molecule has 2 rings (SSSR count). The lowest BCUT2D eigenvalue weighted by Gasteiger charge is -2.16. The number of carbonyl (C=O) groups is 2. The second kappa shape index (κ2) is 7.59. The second-order valence-electron chi connectivity index (χ2n) is 4.78. The average molecular weight is 276 g/mol. The van der Waals surface area contributed by atoms with E-state index in [-0.39, 0.29) is 30.3 Å². The van der Waals surface area contributed by atoms with Gasteiger partial charge in [-0.25, -0.2) is 0 Å². The van der Waals surface area contributed by atoms with Crippen LogP contribution in [0.2, 0.25) is 0 Å². The van der Waals surface area contributed by atoms with Gasteiger partial charge in [0.2, 0.25) is 11.8 Å². The standard InChI is InChI=1S/C12H21N3O2.ClH/c16-11-5-2-8-15(11)9-3-7-14-12(17)10-4-1-6-13-10;/h10,13H,1-9H2,(H,14,17);1H. The molecular weight excluding hydrogens is 254 g/mol. The van der Waals surface area contributed by atoms with Crippen molar-refractivity contribution in [2.24, 2.45) is 0 Å². The Morgan fingerprint density at radius 1 is 1.44 bits per heavy atom. The first-order valence-electron chi connectivity index (χ1n) is 6.56. The zero-order valence-corrected chi connectivity index (χ0v) is 11.4. The predicted octanol–water partition coefficient (Wildman–Crippen LogP) is 0.289. The summed E-state index contributed by atoms with van der Waals surface area (Å²) in [6.45, 7) is 3.27. The number of nitrogens with one attached hydrogen (secondary N) is 2. The van der Waals surface area contributed by atoms with Gasteiger partial charge in [0, 0.05) is 26.1 Å². The molecule has 0 aromatic rings. The molecule has 0 bridgehead atoms. The Hall–Kier alpha value is -0.810. The highest BCUT2D eigenvalue weighted by molar-refractivity contribution is 5.85. The highest BCUT2D eigenvalue weighted by atomic mass is 35.5. The zero-order valence-electron chi connectivity index (χ0n) is 10.6. The Kier molecular flexibility index (Phi) is 6.43. The van der Waals surface area contributed by atoms with E-state index in [1.807, 2.05) is 4.90 Å². The summed E-state index contributed by atoms with van der Waals surface area (Å²) in [5, 5.41) is 6.09. The van der Waals surface area contributed by atoms with Gasteiger partial charge in [-0.05, 0) is 32.2 Å². The van der Waals surface area contributed by atoms with Gasteiger partial charge in [0.05, 0.1) is 6.04 Å². The van der Waals surface area contributed by atoms with E-state index in [1.54, 1.807) is 0 Å². The van der Waals surface area contributed by atoms with Crippen molar-refractivity contribution in [1.29, 1.82) is 0 Å². The maximum Gasteiger partial charge on any atom is 0.237 e. The molecule has 1 unspecified atom stereocenters. The first-order chi connectivity index (χ1) is 8.27. The van der Waals surface area contributed by atoms with Crippen molar-refractivity contribution in [3.05, 3.63) is 0 Å². The lowest BCUT2D eigenvalue weighted by atomic mass is 10.2. The summed E-state index contributed by atoms with van der Waals surface area (Å²) < 4.78 is 0. The molecule has 0 radical (unpaired) electrons.